The minimum atomic E-state index is 0.0158. The minimum Gasteiger partial charge on any atom is -0.493 e. The lowest BCUT2D eigenvalue weighted by molar-refractivity contribution is 0.170. The highest BCUT2D eigenvalue weighted by atomic mass is 16.5. The molecule has 4 nitrogen and oxygen atoms in total. The van der Waals surface area contributed by atoms with Crippen LogP contribution in [0.4, 0.5) is 0 Å². The molecule has 0 atom stereocenters. The van der Waals surface area contributed by atoms with E-state index in [-0.39, 0.29) is 5.54 Å². The standard InChI is InChI=1S/C15H23NO3/c1-17-8-3-9-19-14-10-12(4-5-13(14)18-2)11-15(16)6-7-15/h4-5,10H,3,6-9,11,16H2,1-2H3. The van der Waals surface area contributed by atoms with Crippen LogP contribution in [0, 0.1) is 0 Å². The molecule has 106 valence electrons. The van der Waals surface area contributed by atoms with E-state index in [1.54, 1.807) is 14.2 Å². The van der Waals surface area contributed by atoms with Crippen molar-refractivity contribution in [2.75, 3.05) is 27.4 Å². The van der Waals surface area contributed by atoms with E-state index in [1.807, 2.05) is 12.1 Å². The van der Waals surface area contributed by atoms with Gasteiger partial charge in [0.15, 0.2) is 11.5 Å². The van der Waals surface area contributed by atoms with Crippen LogP contribution in [0.5, 0.6) is 11.5 Å². The second-order valence-corrected chi connectivity index (χ2v) is 5.22. The largest absolute Gasteiger partial charge is 0.493 e. The third-order valence-electron chi connectivity index (χ3n) is 3.43. The van der Waals surface area contributed by atoms with Crippen LogP contribution >= 0.6 is 0 Å². The van der Waals surface area contributed by atoms with Crippen LogP contribution in [-0.2, 0) is 11.2 Å². The average molecular weight is 265 g/mol. The number of methoxy groups -OCH3 is 2. The van der Waals surface area contributed by atoms with E-state index in [0.29, 0.717) is 13.2 Å². The quantitative estimate of drug-likeness (QED) is 0.732. The van der Waals surface area contributed by atoms with Gasteiger partial charge in [0.05, 0.1) is 13.7 Å². The molecule has 0 aromatic heterocycles. The summed E-state index contributed by atoms with van der Waals surface area (Å²) in [5.74, 6) is 1.56. The third-order valence-corrected chi connectivity index (χ3v) is 3.43. The van der Waals surface area contributed by atoms with Gasteiger partial charge in [0, 0.05) is 25.7 Å². The number of hydrogen-bond acceptors (Lipinski definition) is 4. The van der Waals surface area contributed by atoms with Crippen LogP contribution in [0.3, 0.4) is 0 Å². The molecular weight excluding hydrogens is 242 g/mol. The second-order valence-electron chi connectivity index (χ2n) is 5.22. The zero-order valence-electron chi connectivity index (χ0n) is 11.8. The van der Waals surface area contributed by atoms with E-state index < -0.39 is 0 Å². The van der Waals surface area contributed by atoms with Crippen LogP contribution < -0.4 is 15.2 Å². The van der Waals surface area contributed by atoms with Gasteiger partial charge in [-0.05, 0) is 37.0 Å². The highest BCUT2D eigenvalue weighted by Gasteiger charge is 2.38. The number of benzene rings is 1. The Morgan fingerprint density at radius 3 is 2.58 bits per heavy atom. The normalized spacial score (nSPS) is 16.2. The molecule has 2 N–H and O–H groups in total. The van der Waals surface area contributed by atoms with E-state index in [4.69, 9.17) is 19.9 Å². The monoisotopic (exact) mass is 265 g/mol. The Bertz CT molecular complexity index is 416. The molecule has 0 amide bonds. The van der Waals surface area contributed by atoms with E-state index in [2.05, 4.69) is 6.07 Å². The van der Waals surface area contributed by atoms with E-state index >= 15 is 0 Å². The molecule has 0 radical (unpaired) electrons. The molecule has 19 heavy (non-hydrogen) atoms. The first-order valence-electron chi connectivity index (χ1n) is 6.74. The van der Waals surface area contributed by atoms with Crippen molar-refractivity contribution in [2.24, 2.45) is 5.73 Å². The average Bonchev–Trinajstić information content (AvgIpc) is 3.12. The van der Waals surface area contributed by atoms with Gasteiger partial charge in [-0.3, -0.25) is 0 Å². The van der Waals surface area contributed by atoms with Gasteiger partial charge < -0.3 is 19.9 Å². The van der Waals surface area contributed by atoms with Gasteiger partial charge in [-0.25, -0.2) is 0 Å². The molecule has 0 heterocycles. The van der Waals surface area contributed by atoms with Crippen molar-refractivity contribution in [3.8, 4) is 11.5 Å². The summed E-state index contributed by atoms with van der Waals surface area (Å²) in [6.07, 6.45) is 4.00. The highest BCUT2D eigenvalue weighted by Crippen LogP contribution is 2.37. The highest BCUT2D eigenvalue weighted by molar-refractivity contribution is 5.43. The summed E-state index contributed by atoms with van der Waals surface area (Å²) in [6, 6.07) is 6.05. The van der Waals surface area contributed by atoms with Gasteiger partial charge in [0.25, 0.3) is 0 Å². The summed E-state index contributed by atoms with van der Waals surface area (Å²) in [4.78, 5) is 0. The Morgan fingerprint density at radius 2 is 1.95 bits per heavy atom. The van der Waals surface area contributed by atoms with E-state index in [1.165, 1.54) is 5.56 Å². The molecule has 1 aliphatic rings. The maximum Gasteiger partial charge on any atom is 0.161 e. The molecule has 1 aliphatic carbocycles. The van der Waals surface area contributed by atoms with Gasteiger partial charge in [0.2, 0.25) is 0 Å². The lowest BCUT2D eigenvalue weighted by Crippen LogP contribution is -2.24. The second kappa shape index (κ2) is 6.26. The third kappa shape index (κ3) is 4.11. The molecule has 0 unspecified atom stereocenters. The first kappa shape index (κ1) is 14.2. The SMILES string of the molecule is COCCCOc1cc(CC2(N)CC2)ccc1OC. The van der Waals surface area contributed by atoms with Crippen LogP contribution in [0.25, 0.3) is 0 Å². The lowest BCUT2D eigenvalue weighted by atomic mass is 10.0. The summed E-state index contributed by atoms with van der Waals surface area (Å²) < 4.78 is 16.1. The van der Waals surface area contributed by atoms with Crippen molar-refractivity contribution in [3.05, 3.63) is 23.8 Å². The minimum absolute atomic E-state index is 0.0158. The fraction of sp³-hybridized carbons (Fsp3) is 0.600. The number of ether oxygens (including phenoxy) is 3. The van der Waals surface area contributed by atoms with Crippen LogP contribution in [0.1, 0.15) is 24.8 Å². The molecule has 4 heteroatoms. The van der Waals surface area contributed by atoms with Gasteiger partial charge in [-0.1, -0.05) is 6.07 Å². The molecule has 1 saturated carbocycles. The fourth-order valence-corrected chi connectivity index (χ4v) is 2.07. The molecule has 0 aliphatic heterocycles. The van der Waals surface area contributed by atoms with Crippen molar-refractivity contribution >= 4 is 0 Å². The lowest BCUT2D eigenvalue weighted by Gasteiger charge is -2.14. The Balaban J connectivity index is 1.99. The van der Waals surface area contributed by atoms with Crippen molar-refractivity contribution < 1.29 is 14.2 Å². The van der Waals surface area contributed by atoms with Crippen LogP contribution in [0.2, 0.25) is 0 Å². The first-order chi connectivity index (χ1) is 9.17. The number of hydrogen-bond donors (Lipinski definition) is 1. The topological polar surface area (TPSA) is 53.7 Å². The summed E-state index contributed by atoms with van der Waals surface area (Å²) in [7, 11) is 3.35. The Kier molecular flexibility index (Phi) is 4.66. The molecule has 0 bridgehead atoms. The Morgan fingerprint density at radius 1 is 1.16 bits per heavy atom. The molecule has 1 fully saturated rings. The molecule has 0 spiro atoms. The van der Waals surface area contributed by atoms with E-state index in [9.17, 15) is 0 Å². The smallest absolute Gasteiger partial charge is 0.161 e. The first-order valence-corrected chi connectivity index (χ1v) is 6.74. The molecule has 1 aromatic carbocycles. The molecule has 0 saturated heterocycles. The van der Waals surface area contributed by atoms with E-state index in [0.717, 1.165) is 37.2 Å². The number of nitrogens with two attached hydrogens (primary N) is 1. The van der Waals surface area contributed by atoms with Gasteiger partial charge in [-0.15, -0.1) is 0 Å². The molecular formula is C15H23NO3. The Labute approximate surface area is 114 Å². The summed E-state index contributed by atoms with van der Waals surface area (Å²) in [5, 5.41) is 0. The van der Waals surface area contributed by atoms with Crippen molar-refractivity contribution in [3.63, 3.8) is 0 Å². The van der Waals surface area contributed by atoms with Gasteiger partial charge in [0.1, 0.15) is 0 Å². The van der Waals surface area contributed by atoms with Gasteiger partial charge in [-0.2, -0.15) is 0 Å². The zero-order chi connectivity index (χ0) is 13.7. The molecule has 2 rings (SSSR count). The summed E-state index contributed by atoms with van der Waals surface area (Å²) >= 11 is 0. The number of rotatable bonds is 8. The van der Waals surface area contributed by atoms with Crippen molar-refractivity contribution in [1.82, 2.24) is 0 Å². The van der Waals surface area contributed by atoms with Gasteiger partial charge >= 0.3 is 0 Å². The van der Waals surface area contributed by atoms with Crippen LogP contribution in [-0.4, -0.2) is 33.0 Å². The summed E-state index contributed by atoms with van der Waals surface area (Å²) in [6.45, 7) is 1.33. The Hall–Kier alpha value is -1.26. The predicted octanol–water partition coefficient (Wildman–Crippen LogP) is 2.14. The van der Waals surface area contributed by atoms with Crippen molar-refractivity contribution in [1.29, 1.82) is 0 Å². The zero-order valence-corrected chi connectivity index (χ0v) is 11.8. The maximum atomic E-state index is 6.15. The molecule has 1 aromatic rings. The van der Waals surface area contributed by atoms with Crippen LogP contribution in [0.15, 0.2) is 18.2 Å². The maximum absolute atomic E-state index is 6.15. The summed E-state index contributed by atoms with van der Waals surface area (Å²) in [5.41, 5.74) is 7.38. The predicted molar refractivity (Wildman–Crippen MR) is 74.8 cm³/mol. The fourth-order valence-electron chi connectivity index (χ4n) is 2.07. The van der Waals surface area contributed by atoms with Crippen molar-refractivity contribution in [2.45, 2.75) is 31.2 Å².